The molecule has 1 amide bonds. The van der Waals surface area contributed by atoms with Gasteiger partial charge < -0.3 is 4.90 Å². The topological polar surface area (TPSA) is 20.3 Å². The highest BCUT2D eigenvalue weighted by Gasteiger charge is 2.30. The summed E-state index contributed by atoms with van der Waals surface area (Å²) >= 11 is 0. The Morgan fingerprint density at radius 3 is 2.39 bits per heavy atom. The van der Waals surface area contributed by atoms with E-state index >= 15 is 0 Å². The number of hydrogen-bond acceptors (Lipinski definition) is 1. The minimum Gasteiger partial charge on any atom is -0.310 e. The molecule has 0 radical (unpaired) electrons. The Hall–Kier alpha value is -1.05. The van der Waals surface area contributed by atoms with Crippen molar-refractivity contribution in [2.75, 3.05) is 0 Å². The minimum absolute atomic E-state index is 0.163. The van der Waals surface area contributed by atoms with E-state index < -0.39 is 0 Å². The van der Waals surface area contributed by atoms with Crippen LogP contribution in [0, 0.1) is 5.92 Å². The van der Waals surface area contributed by atoms with Crippen molar-refractivity contribution in [3.63, 3.8) is 0 Å². The summed E-state index contributed by atoms with van der Waals surface area (Å²) in [6.07, 6.45) is 7.11. The van der Waals surface area contributed by atoms with Gasteiger partial charge in [-0.2, -0.15) is 0 Å². The average molecular weight is 249 g/mol. The lowest BCUT2D eigenvalue weighted by Crippen LogP contribution is -2.43. The second kappa shape index (κ2) is 5.73. The zero-order valence-electron chi connectivity index (χ0n) is 12.7. The van der Waals surface area contributed by atoms with Crippen LogP contribution in [0.3, 0.4) is 0 Å². The summed E-state index contributed by atoms with van der Waals surface area (Å²) in [6, 6.07) is 0. The molecule has 2 heteroatoms. The highest BCUT2D eigenvalue weighted by molar-refractivity contribution is 5.96. The van der Waals surface area contributed by atoms with Crippen molar-refractivity contribution in [1.29, 1.82) is 0 Å². The third-order valence-corrected chi connectivity index (χ3v) is 3.42. The first-order valence-electron chi connectivity index (χ1n) is 7.01. The highest BCUT2D eigenvalue weighted by Crippen LogP contribution is 2.29. The number of allylic oxidation sites excluding steroid dienone is 2. The summed E-state index contributed by atoms with van der Waals surface area (Å²) in [5.41, 5.74) is 2.19. The molecule has 2 nitrogen and oxygen atoms in total. The van der Waals surface area contributed by atoms with Crippen LogP contribution in [0.25, 0.3) is 0 Å². The number of amides is 1. The van der Waals surface area contributed by atoms with Crippen LogP contribution in [0.4, 0.5) is 0 Å². The van der Waals surface area contributed by atoms with Gasteiger partial charge in [0, 0.05) is 17.3 Å². The van der Waals surface area contributed by atoms with E-state index in [0.29, 0.717) is 5.92 Å². The van der Waals surface area contributed by atoms with Gasteiger partial charge in [-0.1, -0.05) is 32.4 Å². The Balaban J connectivity index is 3.25. The van der Waals surface area contributed by atoms with E-state index in [2.05, 4.69) is 47.6 Å². The molecule has 0 N–H and O–H groups in total. The van der Waals surface area contributed by atoms with Gasteiger partial charge in [0.2, 0.25) is 0 Å². The van der Waals surface area contributed by atoms with E-state index in [1.165, 1.54) is 5.57 Å². The zero-order valence-corrected chi connectivity index (χ0v) is 12.7. The van der Waals surface area contributed by atoms with Gasteiger partial charge in [0.25, 0.3) is 5.91 Å². The largest absolute Gasteiger partial charge is 0.310 e. The Morgan fingerprint density at radius 2 is 1.94 bits per heavy atom. The van der Waals surface area contributed by atoms with Crippen molar-refractivity contribution in [2.45, 2.75) is 66.3 Å². The molecule has 0 spiro atoms. The molecule has 0 aromatic heterocycles. The van der Waals surface area contributed by atoms with Crippen LogP contribution < -0.4 is 0 Å². The van der Waals surface area contributed by atoms with Crippen LogP contribution in [0.1, 0.15) is 60.8 Å². The fourth-order valence-electron chi connectivity index (χ4n) is 2.47. The lowest BCUT2D eigenvalue weighted by atomic mass is 9.89. The van der Waals surface area contributed by atoms with E-state index in [0.717, 1.165) is 24.8 Å². The van der Waals surface area contributed by atoms with Gasteiger partial charge in [0.15, 0.2) is 0 Å². The maximum absolute atomic E-state index is 12.8. The normalized spacial score (nSPS) is 24.2. The van der Waals surface area contributed by atoms with Gasteiger partial charge >= 0.3 is 0 Å². The van der Waals surface area contributed by atoms with Crippen molar-refractivity contribution in [3.8, 4) is 0 Å². The second-order valence-electron chi connectivity index (χ2n) is 6.29. The fourth-order valence-corrected chi connectivity index (χ4v) is 2.47. The van der Waals surface area contributed by atoms with Gasteiger partial charge in [-0.3, -0.25) is 4.79 Å². The molecule has 1 aliphatic heterocycles. The third-order valence-electron chi connectivity index (χ3n) is 3.42. The first-order valence-corrected chi connectivity index (χ1v) is 7.01. The molecule has 0 saturated carbocycles. The smallest absolute Gasteiger partial charge is 0.254 e. The molecule has 18 heavy (non-hydrogen) atoms. The highest BCUT2D eigenvalue weighted by atomic mass is 16.2. The number of hydrogen-bond donors (Lipinski definition) is 0. The molecule has 1 heterocycles. The van der Waals surface area contributed by atoms with Crippen molar-refractivity contribution < 1.29 is 4.79 Å². The molecule has 0 aromatic carbocycles. The molecule has 1 aliphatic rings. The first kappa shape index (κ1) is 15.0. The SMILES string of the molecule is CC/C1=C(\C(C)C)C(=O)N(C(C)(C)C)/C=C\CC1. The van der Waals surface area contributed by atoms with Gasteiger partial charge in [0.1, 0.15) is 0 Å². The number of rotatable bonds is 2. The number of nitrogens with zero attached hydrogens (tertiary/aromatic N) is 1. The Morgan fingerprint density at radius 1 is 1.33 bits per heavy atom. The molecule has 102 valence electrons. The molecular weight excluding hydrogens is 222 g/mol. The van der Waals surface area contributed by atoms with Crippen LogP contribution in [0.15, 0.2) is 23.4 Å². The third kappa shape index (κ3) is 3.24. The molecule has 0 bridgehead atoms. The summed E-state index contributed by atoms with van der Waals surface area (Å²) in [7, 11) is 0. The Bertz CT molecular complexity index is 369. The molecule has 0 saturated heterocycles. The van der Waals surface area contributed by atoms with Crippen LogP contribution in [-0.4, -0.2) is 16.3 Å². The molecule has 0 fully saturated rings. The first-order chi connectivity index (χ1) is 8.29. The van der Waals surface area contributed by atoms with Crippen LogP contribution in [-0.2, 0) is 4.79 Å². The molecule has 0 unspecified atom stereocenters. The zero-order chi connectivity index (χ0) is 13.9. The van der Waals surface area contributed by atoms with E-state index in [9.17, 15) is 4.79 Å². The summed E-state index contributed by atoms with van der Waals surface area (Å²) in [5.74, 6) is 0.481. The lowest BCUT2D eigenvalue weighted by Gasteiger charge is -2.36. The van der Waals surface area contributed by atoms with Gasteiger partial charge in [0.05, 0.1) is 0 Å². The fraction of sp³-hybridized carbons (Fsp3) is 0.688. The van der Waals surface area contributed by atoms with Gasteiger partial charge in [-0.25, -0.2) is 0 Å². The molecule has 0 aliphatic carbocycles. The number of carbonyl (C=O) groups excluding carboxylic acids is 1. The van der Waals surface area contributed by atoms with Crippen LogP contribution in [0.2, 0.25) is 0 Å². The van der Waals surface area contributed by atoms with E-state index in [-0.39, 0.29) is 11.4 Å². The van der Waals surface area contributed by atoms with E-state index in [1.54, 1.807) is 0 Å². The number of carbonyl (C=O) groups is 1. The Labute approximate surface area is 112 Å². The summed E-state index contributed by atoms with van der Waals surface area (Å²) in [5, 5.41) is 0. The van der Waals surface area contributed by atoms with Gasteiger partial charge in [-0.15, -0.1) is 0 Å². The monoisotopic (exact) mass is 249 g/mol. The quantitative estimate of drug-likeness (QED) is 0.715. The summed E-state index contributed by atoms with van der Waals surface area (Å²) < 4.78 is 0. The van der Waals surface area contributed by atoms with Crippen molar-refractivity contribution in [3.05, 3.63) is 23.4 Å². The molecular formula is C16H27NO. The Kier molecular flexibility index (Phi) is 4.78. The van der Waals surface area contributed by atoms with E-state index in [1.807, 2.05) is 11.1 Å². The average Bonchev–Trinajstić information content (AvgIpc) is 2.20. The van der Waals surface area contributed by atoms with Crippen molar-refractivity contribution in [1.82, 2.24) is 4.90 Å². The van der Waals surface area contributed by atoms with Crippen molar-refractivity contribution in [2.24, 2.45) is 5.92 Å². The van der Waals surface area contributed by atoms with Crippen molar-refractivity contribution >= 4 is 5.91 Å². The van der Waals surface area contributed by atoms with Gasteiger partial charge in [-0.05, 0) is 46.0 Å². The second-order valence-corrected chi connectivity index (χ2v) is 6.29. The van der Waals surface area contributed by atoms with Crippen LogP contribution in [0.5, 0.6) is 0 Å². The predicted molar refractivity (Wildman–Crippen MR) is 77.1 cm³/mol. The molecule has 1 rings (SSSR count). The minimum atomic E-state index is -0.163. The van der Waals surface area contributed by atoms with Crippen LogP contribution >= 0.6 is 0 Å². The molecule has 0 atom stereocenters. The maximum Gasteiger partial charge on any atom is 0.254 e. The van der Waals surface area contributed by atoms with E-state index in [4.69, 9.17) is 0 Å². The predicted octanol–water partition coefficient (Wildman–Crippen LogP) is 4.28. The summed E-state index contributed by atoms with van der Waals surface area (Å²) in [4.78, 5) is 14.7. The maximum atomic E-state index is 12.8. The standard InChI is InChI=1S/C16H27NO/c1-7-13-10-8-9-11-17(16(4,5)6)15(18)14(13)12(2)3/h9,11-12H,7-8,10H2,1-6H3/b11-9-,14-13-. The molecule has 0 aromatic rings. The summed E-state index contributed by atoms with van der Waals surface area (Å²) in [6.45, 7) is 12.6. The lowest BCUT2D eigenvalue weighted by molar-refractivity contribution is -0.128.